The Hall–Kier alpha value is -0.860. The predicted octanol–water partition coefficient (Wildman–Crippen LogP) is 3.41. The molecule has 2 nitrogen and oxygen atoms in total. The molecular weight excluding hydrogens is 224 g/mol. The average Bonchev–Trinajstić information content (AvgIpc) is 3.06. The van der Waals surface area contributed by atoms with E-state index in [1.54, 1.807) is 0 Å². The standard InChI is InChI=1S/C16H22O2/c1-15(2)11-17-16(18-12-15)10-14(16)9-8-13-6-4-3-5-7-13/h3-7,14H,8-12H2,1-2H3/t14-/m1/s1. The first kappa shape index (κ1) is 12.2. The van der Waals surface area contributed by atoms with Gasteiger partial charge in [0.15, 0.2) is 5.79 Å². The van der Waals surface area contributed by atoms with E-state index in [1.165, 1.54) is 12.0 Å². The number of hydrogen-bond donors (Lipinski definition) is 0. The molecule has 18 heavy (non-hydrogen) atoms. The summed E-state index contributed by atoms with van der Waals surface area (Å²) in [6.07, 6.45) is 3.38. The molecule has 1 aromatic carbocycles. The molecule has 1 saturated heterocycles. The summed E-state index contributed by atoms with van der Waals surface area (Å²) in [4.78, 5) is 0. The minimum Gasteiger partial charge on any atom is -0.349 e. The van der Waals surface area contributed by atoms with Crippen molar-refractivity contribution in [3.8, 4) is 0 Å². The second-order valence-corrected chi connectivity index (χ2v) is 6.48. The van der Waals surface area contributed by atoms with Gasteiger partial charge < -0.3 is 9.47 Å². The van der Waals surface area contributed by atoms with Gasteiger partial charge in [-0.15, -0.1) is 0 Å². The number of aryl methyl sites for hydroxylation is 1. The van der Waals surface area contributed by atoms with Crippen LogP contribution in [0.5, 0.6) is 0 Å². The lowest BCUT2D eigenvalue weighted by atomic mass is 9.95. The molecule has 2 fully saturated rings. The van der Waals surface area contributed by atoms with Gasteiger partial charge in [0.2, 0.25) is 0 Å². The molecule has 1 aliphatic heterocycles. The Morgan fingerprint density at radius 1 is 1.11 bits per heavy atom. The Labute approximate surface area is 109 Å². The fourth-order valence-electron chi connectivity index (χ4n) is 2.66. The van der Waals surface area contributed by atoms with E-state index >= 15 is 0 Å². The van der Waals surface area contributed by atoms with E-state index in [-0.39, 0.29) is 11.2 Å². The number of ether oxygens (including phenoxy) is 2. The van der Waals surface area contributed by atoms with Crippen LogP contribution >= 0.6 is 0 Å². The molecule has 1 heterocycles. The van der Waals surface area contributed by atoms with Gasteiger partial charge in [-0.3, -0.25) is 0 Å². The molecule has 0 bridgehead atoms. The zero-order chi connectivity index (χ0) is 12.6. The van der Waals surface area contributed by atoms with E-state index < -0.39 is 0 Å². The van der Waals surface area contributed by atoms with E-state index in [0.717, 1.165) is 26.1 Å². The Kier molecular flexibility index (Phi) is 2.95. The smallest absolute Gasteiger partial charge is 0.171 e. The first-order chi connectivity index (χ1) is 8.60. The quantitative estimate of drug-likeness (QED) is 0.813. The summed E-state index contributed by atoms with van der Waals surface area (Å²) < 4.78 is 11.9. The van der Waals surface area contributed by atoms with Gasteiger partial charge in [0.25, 0.3) is 0 Å². The monoisotopic (exact) mass is 246 g/mol. The maximum atomic E-state index is 5.97. The lowest BCUT2D eigenvalue weighted by Crippen LogP contribution is -2.40. The second kappa shape index (κ2) is 4.36. The lowest BCUT2D eigenvalue weighted by molar-refractivity contribution is -0.250. The largest absolute Gasteiger partial charge is 0.349 e. The van der Waals surface area contributed by atoms with Crippen molar-refractivity contribution in [1.82, 2.24) is 0 Å². The van der Waals surface area contributed by atoms with Crippen molar-refractivity contribution < 1.29 is 9.47 Å². The molecule has 0 amide bonds. The normalized spacial score (nSPS) is 28.2. The van der Waals surface area contributed by atoms with Crippen molar-refractivity contribution in [1.29, 1.82) is 0 Å². The highest BCUT2D eigenvalue weighted by atomic mass is 16.7. The lowest BCUT2D eigenvalue weighted by Gasteiger charge is -2.35. The molecule has 1 spiro atoms. The first-order valence-electron chi connectivity index (χ1n) is 6.92. The summed E-state index contributed by atoms with van der Waals surface area (Å²) in [6, 6.07) is 10.7. The highest BCUT2D eigenvalue weighted by Gasteiger charge is 2.59. The third-order valence-electron chi connectivity index (χ3n) is 4.03. The first-order valence-corrected chi connectivity index (χ1v) is 6.92. The van der Waals surface area contributed by atoms with Crippen molar-refractivity contribution in [2.24, 2.45) is 11.3 Å². The minimum absolute atomic E-state index is 0.178. The van der Waals surface area contributed by atoms with Crippen LogP contribution < -0.4 is 0 Å². The van der Waals surface area contributed by atoms with Crippen LogP contribution in [0.4, 0.5) is 0 Å². The molecule has 98 valence electrons. The topological polar surface area (TPSA) is 18.5 Å². The van der Waals surface area contributed by atoms with E-state index in [4.69, 9.17) is 9.47 Å². The molecule has 1 aromatic rings. The number of hydrogen-bond acceptors (Lipinski definition) is 2. The minimum atomic E-state index is -0.218. The summed E-state index contributed by atoms with van der Waals surface area (Å²) >= 11 is 0. The van der Waals surface area contributed by atoms with Gasteiger partial charge in [-0.2, -0.15) is 0 Å². The Bertz CT molecular complexity index is 400. The summed E-state index contributed by atoms with van der Waals surface area (Å²) in [5, 5.41) is 0. The van der Waals surface area contributed by atoms with Crippen molar-refractivity contribution in [3.63, 3.8) is 0 Å². The summed E-state index contributed by atoms with van der Waals surface area (Å²) in [7, 11) is 0. The molecule has 3 rings (SSSR count). The fraction of sp³-hybridized carbons (Fsp3) is 0.625. The van der Waals surface area contributed by atoms with Gasteiger partial charge in [-0.1, -0.05) is 44.2 Å². The van der Waals surface area contributed by atoms with E-state index in [0.29, 0.717) is 5.92 Å². The highest BCUT2D eigenvalue weighted by molar-refractivity contribution is 5.15. The zero-order valence-corrected chi connectivity index (χ0v) is 11.3. The van der Waals surface area contributed by atoms with Gasteiger partial charge in [-0.05, 0) is 18.4 Å². The Morgan fingerprint density at radius 2 is 1.78 bits per heavy atom. The SMILES string of the molecule is CC1(C)COC2(C[C@H]2CCc2ccccc2)OC1. The van der Waals surface area contributed by atoms with Crippen LogP contribution in [-0.4, -0.2) is 19.0 Å². The van der Waals surface area contributed by atoms with Crippen LogP contribution in [0.25, 0.3) is 0 Å². The van der Waals surface area contributed by atoms with E-state index in [2.05, 4.69) is 44.2 Å². The third-order valence-corrected chi connectivity index (χ3v) is 4.03. The average molecular weight is 246 g/mol. The van der Waals surface area contributed by atoms with Crippen molar-refractivity contribution >= 4 is 0 Å². The number of benzene rings is 1. The van der Waals surface area contributed by atoms with E-state index in [1.807, 2.05) is 0 Å². The van der Waals surface area contributed by atoms with Gasteiger partial charge >= 0.3 is 0 Å². The molecule has 1 saturated carbocycles. The van der Waals surface area contributed by atoms with Gasteiger partial charge in [0.1, 0.15) is 0 Å². The molecule has 0 unspecified atom stereocenters. The summed E-state index contributed by atoms with van der Waals surface area (Å²) in [5.41, 5.74) is 1.59. The molecule has 0 aromatic heterocycles. The third kappa shape index (κ3) is 2.45. The van der Waals surface area contributed by atoms with Crippen LogP contribution in [0, 0.1) is 11.3 Å². The molecule has 0 N–H and O–H groups in total. The second-order valence-electron chi connectivity index (χ2n) is 6.48. The molecule has 1 aliphatic carbocycles. The predicted molar refractivity (Wildman–Crippen MR) is 71.3 cm³/mol. The number of rotatable bonds is 3. The maximum Gasteiger partial charge on any atom is 0.171 e. The molecule has 0 radical (unpaired) electrons. The van der Waals surface area contributed by atoms with Crippen LogP contribution in [0.3, 0.4) is 0 Å². The highest BCUT2D eigenvalue weighted by Crippen LogP contribution is 2.53. The molecule has 2 heteroatoms. The van der Waals surface area contributed by atoms with Gasteiger partial charge in [-0.25, -0.2) is 0 Å². The molecule has 1 atom stereocenters. The van der Waals surface area contributed by atoms with Gasteiger partial charge in [0, 0.05) is 17.8 Å². The van der Waals surface area contributed by atoms with Crippen LogP contribution in [0.2, 0.25) is 0 Å². The zero-order valence-electron chi connectivity index (χ0n) is 11.3. The van der Waals surface area contributed by atoms with Crippen LogP contribution in [0.1, 0.15) is 32.3 Å². The van der Waals surface area contributed by atoms with Crippen molar-refractivity contribution in [3.05, 3.63) is 35.9 Å². The van der Waals surface area contributed by atoms with Crippen LogP contribution in [-0.2, 0) is 15.9 Å². The maximum absolute atomic E-state index is 5.97. The fourth-order valence-corrected chi connectivity index (χ4v) is 2.66. The van der Waals surface area contributed by atoms with E-state index in [9.17, 15) is 0 Å². The Morgan fingerprint density at radius 3 is 2.44 bits per heavy atom. The summed E-state index contributed by atoms with van der Waals surface area (Å²) in [5.74, 6) is 0.374. The molecule has 2 aliphatic rings. The molecular formula is C16H22O2. The summed E-state index contributed by atoms with van der Waals surface area (Å²) in [6.45, 7) is 6.05. The van der Waals surface area contributed by atoms with Crippen molar-refractivity contribution in [2.75, 3.05) is 13.2 Å². The van der Waals surface area contributed by atoms with Crippen LogP contribution in [0.15, 0.2) is 30.3 Å². The van der Waals surface area contributed by atoms with Crippen molar-refractivity contribution in [2.45, 2.75) is 38.9 Å². The Balaban J connectivity index is 1.50. The van der Waals surface area contributed by atoms with Gasteiger partial charge in [0.05, 0.1) is 13.2 Å².